The summed E-state index contributed by atoms with van der Waals surface area (Å²) in [6.45, 7) is 6.00. The summed E-state index contributed by atoms with van der Waals surface area (Å²) in [6, 6.07) is 1.93. The van der Waals surface area contributed by atoms with Crippen molar-refractivity contribution in [3.05, 3.63) is 17.7 Å². The zero-order valence-electron chi connectivity index (χ0n) is 12.5. The average molecular weight is 305 g/mol. The minimum absolute atomic E-state index is 0.0946. The van der Waals surface area contributed by atoms with Crippen molar-refractivity contribution < 1.29 is 18.3 Å². The highest BCUT2D eigenvalue weighted by molar-refractivity contribution is 5.50. The van der Waals surface area contributed by atoms with Gasteiger partial charge in [0.15, 0.2) is 0 Å². The Morgan fingerprint density at radius 2 is 1.71 bits per heavy atom. The maximum atomic E-state index is 12.9. The van der Waals surface area contributed by atoms with Crippen molar-refractivity contribution in [2.24, 2.45) is 0 Å². The van der Waals surface area contributed by atoms with E-state index < -0.39 is 17.3 Å². The first-order chi connectivity index (χ1) is 9.68. The SMILES string of the molecule is CCCNc1cc(C(F)(F)F)cc(NCC(C)(O)CC)n1. The molecule has 1 heterocycles. The molecule has 0 saturated carbocycles. The van der Waals surface area contributed by atoms with Gasteiger partial charge in [0.1, 0.15) is 11.6 Å². The lowest BCUT2D eigenvalue weighted by Crippen LogP contribution is -2.32. The lowest BCUT2D eigenvalue weighted by atomic mass is 10.0. The molecular formula is C14H22F3N3O. The van der Waals surface area contributed by atoms with Gasteiger partial charge < -0.3 is 15.7 Å². The number of alkyl halides is 3. The van der Waals surface area contributed by atoms with Crippen molar-refractivity contribution in [3.63, 3.8) is 0 Å². The second-order valence-corrected chi connectivity index (χ2v) is 5.25. The molecule has 0 bridgehead atoms. The van der Waals surface area contributed by atoms with E-state index in [0.717, 1.165) is 18.6 Å². The van der Waals surface area contributed by atoms with Gasteiger partial charge in [-0.25, -0.2) is 4.98 Å². The number of anilines is 2. The molecule has 1 aromatic rings. The fraction of sp³-hybridized carbons (Fsp3) is 0.643. The van der Waals surface area contributed by atoms with Gasteiger partial charge in [-0.05, 0) is 31.9 Å². The van der Waals surface area contributed by atoms with Crippen LogP contribution in [-0.2, 0) is 6.18 Å². The Hall–Kier alpha value is -1.50. The van der Waals surface area contributed by atoms with Gasteiger partial charge >= 0.3 is 6.18 Å². The minimum Gasteiger partial charge on any atom is -0.388 e. The Balaban J connectivity index is 2.96. The number of hydrogen-bond donors (Lipinski definition) is 3. The number of nitrogens with zero attached hydrogens (tertiary/aromatic N) is 1. The molecule has 0 amide bonds. The molecule has 4 nitrogen and oxygen atoms in total. The van der Waals surface area contributed by atoms with Gasteiger partial charge in [-0.2, -0.15) is 13.2 Å². The first-order valence-electron chi connectivity index (χ1n) is 6.97. The third-order valence-corrected chi connectivity index (χ3v) is 3.12. The fourth-order valence-corrected chi connectivity index (χ4v) is 1.53. The van der Waals surface area contributed by atoms with Crippen LogP contribution in [0.1, 0.15) is 39.2 Å². The number of nitrogens with one attached hydrogen (secondary N) is 2. The predicted octanol–water partition coefficient (Wildman–Crippen LogP) is 3.50. The quantitative estimate of drug-likeness (QED) is 0.722. The molecule has 0 radical (unpaired) electrons. The van der Waals surface area contributed by atoms with Crippen LogP contribution < -0.4 is 10.6 Å². The molecular weight excluding hydrogens is 283 g/mol. The average Bonchev–Trinajstić information content (AvgIpc) is 2.42. The lowest BCUT2D eigenvalue weighted by Gasteiger charge is -2.22. The molecule has 3 N–H and O–H groups in total. The van der Waals surface area contributed by atoms with Gasteiger partial charge in [0, 0.05) is 13.1 Å². The van der Waals surface area contributed by atoms with Crippen LogP contribution in [0.5, 0.6) is 0 Å². The summed E-state index contributed by atoms with van der Waals surface area (Å²) in [4.78, 5) is 4.09. The summed E-state index contributed by atoms with van der Waals surface area (Å²) in [5, 5.41) is 15.5. The molecule has 0 spiro atoms. The van der Waals surface area contributed by atoms with Gasteiger partial charge in [-0.15, -0.1) is 0 Å². The molecule has 7 heteroatoms. The number of pyridine rings is 1. The van der Waals surface area contributed by atoms with Crippen molar-refractivity contribution in [2.45, 2.75) is 45.4 Å². The van der Waals surface area contributed by atoms with Crippen LogP contribution in [0.3, 0.4) is 0 Å². The summed E-state index contributed by atoms with van der Waals surface area (Å²) in [5.41, 5.74) is -1.76. The van der Waals surface area contributed by atoms with Gasteiger partial charge in [0.25, 0.3) is 0 Å². The summed E-state index contributed by atoms with van der Waals surface area (Å²) in [7, 11) is 0. The van der Waals surface area contributed by atoms with Crippen molar-refractivity contribution in [1.82, 2.24) is 4.98 Å². The minimum atomic E-state index is -4.44. The monoisotopic (exact) mass is 305 g/mol. The van der Waals surface area contributed by atoms with E-state index in [1.165, 1.54) is 0 Å². The molecule has 21 heavy (non-hydrogen) atoms. The molecule has 0 saturated heterocycles. The Labute approximate surface area is 122 Å². The van der Waals surface area contributed by atoms with Crippen molar-refractivity contribution >= 4 is 11.6 Å². The highest BCUT2D eigenvalue weighted by Crippen LogP contribution is 2.32. The summed E-state index contributed by atoms with van der Waals surface area (Å²) < 4.78 is 38.6. The topological polar surface area (TPSA) is 57.2 Å². The van der Waals surface area contributed by atoms with E-state index in [9.17, 15) is 18.3 Å². The van der Waals surface area contributed by atoms with Gasteiger partial charge in [0.05, 0.1) is 11.2 Å². The third-order valence-electron chi connectivity index (χ3n) is 3.12. The van der Waals surface area contributed by atoms with Crippen molar-refractivity contribution in [2.75, 3.05) is 23.7 Å². The Kier molecular flexibility index (Phi) is 5.83. The number of rotatable bonds is 7. The van der Waals surface area contributed by atoms with E-state index in [4.69, 9.17) is 0 Å². The zero-order chi connectivity index (χ0) is 16.1. The molecule has 0 aliphatic heterocycles. The van der Waals surface area contributed by atoms with E-state index in [1.54, 1.807) is 13.8 Å². The number of aromatic nitrogens is 1. The highest BCUT2D eigenvalue weighted by atomic mass is 19.4. The maximum absolute atomic E-state index is 12.9. The molecule has 0 aromatic carbocycles. The van der Waals surface area contributed by atoms with Gasteiger partial charge in [-0.3, -0.25) is 0 Å². The molecule has 0 aliphatic carbocycles. The summed E-state index contributed by atoms with van der Waals surface area (Å²) in [5.74, 6) is 0.266. The summed E-state index contributed by atoms with van der Waals surface area (Å²) in [6.07, 6.45) is -3.17. The number of hydrogen-bond acceptors (Lipinski definition) is 4. The Bertz CT molecular complexity index is 461. The van der Waals surface area contributed by atoms with Crippen molar-refractivity contribution in [3.8, 4) is 0 Å². The second kappa shape index (κ2) is 6.98. The molecule has 1 atom stereocenters. The van der Waals surface area contributed by atoms with E-state index in [2.05, 4.69) is 15.6 Å². The van der Waals surface area contributed by atoms with Gasteiger partial charge in [0.2, 0.25) is 0 Å². The normalized spacial score (nSPS) is 14.6. The third kappa shape index (κ3) is 5.79. The fourth-order valence-electron chi connectivity index (χ4n) is 1.53. The highest BCUT2D eigenvalue weighted by Gasteiger charge is 2.31. The van der Waals surface area contributed by atoms with Gasteiger partial charge in [-0.1, -0.05) is 13.8 Å². The molecule has 0 aliphatic rings. The summed E-state index contributed by atoms with van der Waals surface area (Å²) >= 11 is 0. The molecule has 1 unspecified atom stereocenters. The van der Waals surface area contributed by atoms with Crippen LogP contribution in [-0.4, -0.2) is 28.8 Å². The van der Waals surface area contributed by atoms with Crippen LogP contribution in [0, 0.1) is 0 Å². The number of halogens is 3. The van der Waals surface area contributed by atoms with E-state index in [0.29, 0.717) is 13.0 Å². The first-order valence-corrected chi connectivity index (χ1v) is 6.97. The Morgan fingerprint density at radius 3 is 2.19 bits per heavy atom. The molecule has 1 rings (SSSR count). The van der Waals surface area contributed by atoms with Crippen LogP contribution >= 0.6 is 0 Å². The molecule has 0 fully saturated rings. The van der Waals surface area contributed by atoms with E-state index >= 15 is 0 Å². The largest absolute Gasteiger partial charge is 0.416 e. The predicted molar refractivity (Wildman–Crippen MR) is 77.4 cm³/mol. The van der Waals surface area contributed by atoms with Crippen molar-refractivity contribution in [1.29, 1.82) is 0 Å². The Morgan fingerprint density at radius 1 is 1.14 bits per heavy atom. The standard InChI is InChI=1S/C14H22F3N3O/c1-4-6-18-11-7-10(14(15,16)17)8-12(20-11)19-9-13(3,21)5-2/h7-8,21H,4-6,9H2,1-3H3,(H2,18,19,20). The molecule has 120 valence electrons. The maximum Gasteiger partial charge on any atom is 0.416 e. The molecule has 1 aromatic heterocycles. The first kappa shape index (κ1) is 17.6. The zero-order valence-corrected chi connectivity index (χ0v) is 12.5. The van der Waals surface area contributed by atoms with Crippen LogP contribution in [0.4, 0.5) is 24.8 Å². The van der Waals surface area contributed by atoms with Crippen LogP contribution in [0.2, 0.25) is 0 Å². The van der Waals surface area contributed by atoms with E-state index in [1.807, 2.05) is 6.92 Å². The van der Waals surface area contributed by atoms with Crippen LogP contribution in [0.25, 0.3) is 0 Å². The van der Waals surface area contributed by atoms with Crippen LogP contribution in [0.15, 0.2) is 12.1 Å². The number of aliphatic hydroxyl groups is 1. The lowest BCUT2D eigenvalue weighted by molar-refractivity contribution is -0.137. The van der Waals surface area contributed by atoms with E-state index in [-0.39, 0.29) is 18.2 Å². The smallest absolute Gasteiger partial charge is 0.388 e. The second-order valence-electron chi connectivity index (χ2n) is 5.25.